The molecule has 1 nitrogen and oxygen atoms in total. The summed E-state index contributed by atoms with van der Waals surface area (Å²) in [6.45, 7) is 8.22. The van der Waals surface area contributed by atoms with Crippen LogP contribution in [0.25, 0.3) is 0 Å². The Balaban J connectivity index is 0.000000561. The first kappa shape index (κ1) is 11.0. The lowest BCUT2D eigenvalue weighted by atomic mass is 10.1. The molecule has 0 amide bonds. The third kappa shape index (κ3) is 2.57. The van der Waals surface area contributed by atoms with Gasteiger partial charge in [-0.1, -0.05) is 32.0 Å². The van der Waals surface area contributed by atoms with E-state index in [1.807, 2.05) is 20.9 Å². The summed E-state index contributed by atoms with van der Waals surface area (Å²) in [5, 5.41) is 3.16. The third-order valence-corrected chi connectivity index (χ3v) is 1.73. The molecular formula is C11H19N. The Morgan fingerprint density at radius 3 is 1.67 bits per heavy atom. The van der Waals surface area contributed by atoms with Gasteiger partial charge in [0.15, 0.2) is 0 Å². The van der Waals surface area contributed by atoms with E-state index >= 15 is 0 Å². The molecule has 0 radical (unpaired) electrons. The van der Waals surface area contributed by atoms with Gasteiger partial charge < -0.3 is 5.32 Å². The van der Waals surface area contributed by atoms with Gasteiger partial charge in [-0.25, -0.2) is 0 Å². The molecule has 1 rings (SSSR count). The number of benzene rings is 1. The van der Waals surface area contributed by atoms with Gasteiger partial charge in [-0.15, -0.1) is 0 Å². The van der Waals surface area contributed by atoms with Crippen molar-refractivity contribution in [1.82, 2.24) is 0 Å². The fraction of sp³-hybridized carbons (Fsp3) is 0.455. The van der Waals surface area contributed by atoms with Crippen molar-refractivity contribution in [3.63, 3.8) is 0 Å². The molecule has 12 heavy (non-hydrogen) atoms. The molecule has 0 heterocycles. The average molecular weight is 165 g/mol. The zero-order valence-corrected chi connectivity index (χ0v) is 8.73. The van der Waals surface area contributed by atoms with Crippen molar-refractivity contribution in [3.8, 4) is 0 Å². The summed E-state index contributed by atoms with van der Waals surface area (Å²) in [4.78, 5) is 0. The van der Waals surface area contributed by atoms with Gasteiger partial charge in [-0.3, -0.25) is 0 Å². The van der Waals surface area contributed by atoms with Crippen molar-refractivity contribution >= 4 is 5.69 Å². The first-order chi connectivity index (χ1) is 5.75. The minimum Gasteiger partial charge on any atom is -0.388 e. The van der Waals surface area contributed by atoms with E-state index in [0.717, 1.165) is 0 Å². The number of hydrogen-bond donors (Lipinski definition) is 1. The highest BCUT2D eigenvalue weighted by atomic mass is 14.8. The predicted molar refractivity (Wildman–Crippen MR) is 56.8 cm³/mol. The molecule has 68 valence electrons. The van der Waals surface area contributed by atoms with Crippen LogP contribution in [-0.2, 0) is 0 Å². The van der Waals surface area contributed by atoms with Gasteiger partial charge in [0, 0.05) is 12.7 Å². The van der Waals surface area contributed by atoms with Crippen molar-refractivity contribution in [2.75, 3.05) is 12.4 Å². The number of hydrogen-bond acceptors (Lipinski definition) is 1. The van der Waals surface area contributed by atoms with E-state index in [0.29, 0.717) is 0 Å². The molecule has 0 saturated carbocycles. The van der Waals surface area contributed by atoms with Gasteiger partial charge in [-0.05, 0) is 25.0 Å². The second kappa shape index (κ2) is 5.64. The van der Waals surface area contributed by atoms with Crippen molar-refractivity contribution < 1.29 is 0 Å². The molecule has 1 aromatic rings. The monoisotopic (exact) mass is 165 g/mol. The summed E-state index contributed by atoms with van der Waals surface area (Å²) < 4.78 is 0. The summed E-state index contributed by atoms with van der Waals surface area (Å²) in [7, 11) is 1.95. The number of aryl methyl sites for hydroxylation is 2. The maximum atomic E-state index is 3.16. The fourth-order valence-electron chi connectivity index (χ4n) is 1.21. The third-order valence-electron chi connectivity index (χ3n) is 1.73. The normalized spacial score (nSPS) is 8.42. The van der Waals surface area contributed by atoms with Gasteiger partial charge in [0.05, 0.1) is 0 Å². The number of anilines is 1. The Morgan fingerprint density at radius 2 is 1.42 bits per heavy atom. The Labute approximate surface area is 75.8 Å². The van der Waals surface area contributed by atoms with Crippen LogP contribution in [0.4, 0.5) is 5.69 Å². The van der Waals surface area contributed by atoms with E-state index < -0.39 is 0 Å². The lowest BCUT2D eigenvalue weighted by Gasteiger charge is -2.07. The summed E-state index contributed by atoms with van der Waals surface area (Å²) in [6, 6.07) is 6.29. The van der Waals surface area contributed by atoms with Crippen molar-refractivity contribution in [1.29, 1.82) is 0 Å². The predicted octanol–water partition coefficient (Wildman–Crippen LogP) is 3.37. The van der Waals surface area contributed by atoms with Crippen LogP contribution in [0.2, 0.25) is 0 Å². The molecule has 0 aliphatic carbocycles. The Morgan fingerprint density at radius 1 is 1.00 bits per heavy atom. The van der Waals surface area contributed by atoms with E-state index in [1.54, 1.807) is 0 Å². The van der Waals surface area contributed by atoms with Crippen molar-refractivity contribution in [3.05, 3.63) is 29.3 Å². The quantitative estimate of drug-likeness (QED) is 0.672. The number of para-hydroxylation sites is 1. The standard InChI is InChI=1S/C9H13N.C2H6/c1-7-5-4-6-8(2)9(7)10-3;1-2/h4-6,10H,1-3H3;1-2H3. The van der Waals surface area contributed by atoms with Crippen LogP contribution in [0.3, 0.4) is 0 Å². The van der Waals surface area contributed by atoms with E-state index in [9.17, 15) is 0 Å². The zero-order valence-electron chi connectivity index (χ0n) is 8.73. The molecule has 0 aromatic heterocycles. The Hall–Kier alpha value is -0.980. The number of nitrogens with one attached hydrogen (secondary N) is 1. The van der Waals surface area contributed by atoms with Gasteiger partial charge in [0.25, 0.3) is 0 Å². The highest BCUT2D eigenvalue weighted by Gasteiger charge is 1.96. The maximum absolute atomic E-state index is 3.16. The lowest BCUT2D eigenvalue weighted by molar-refractivity contribution is 1.34. The molecule has 0 aliphatic rings. The van der Waals surface area contributed by atoms with Gasteiger partial charge >= 0.3 is 0 Å². The topological polar surface area (TPSA) is 12.0 Å². The smallest absolute Gasteiger partial charge is 0.0396 e. The molecule has 0 unspecified atom stereocenters. The molecule has 1 N–H and O–H groups in total. The van der Waals surface area contributed by atoms with E-state index in [2.05, 4.69) is 37.4 Å². The zero-order chi connectivity index (χ0) is 9.56. The molecule has 0 saturated heterocycles. The minimum atomic E-state index is 1.25. The molecular weight excluding hydrogens is 146 g/mol. The van der Waals surface area contributed by atoms with Gasteiger partial charge in [-0.2, -0.15) is 0 Å². The van der Waals surface area contributed by atoms with Crippen LogP contribution in [0.1, 0.15) is 25.0 Å². The fourth-order valence-corrected chi connectivity index (χ4v) is 1.21. The van der Waals surface area contributed by atoms with Crippen LogP contribution >= 0.6 is 0 Å². The van der Waals surface area contributed by atoms with Crippen molar-refractivity contribution in [2.45, 2.75) is 27.7 Å². The van der Waals surface area contributed by atoms with Gasteiger partial charge in [0.1, 0.15) is 0 Å². The summed E-state index contributed by atoms with van der Waals surface area (Å²) in [5.41, 5.74) is 3.87. The van der Waals surface area contributed by atoms with E-state index in [4.69, 9.17) is 0 Å². The second-order valence-corrected chi connectivity index (χ2v) is 2.52. The van der Waals surface area contributed by atoms with Crippen LogP contribution in [0.15, 0.2) is 18.2 Å². The molecule has 1 heteroatoms. The van der Waals surface area contributed by atoms with Crippen molar-refractivity contribution in [2.24, 2.45) is 0 Å². The van der Waals surface area contributed by atoms with Crippen LogP contribution in [0, 0.1) is 13.8 Å². The highest BCUT2D eigenvalue weighted by molar-refractivity contribution is 5.55. The van der Waals surface area contributed by atoms with Gasteiger partial charge in [0.2, 0.25) is 0 Å². The first-order valence-corrected chi connectivity index (χ1v) is 4.49. The van der Waals surface area contributed by atoms with Crippen LogP contribution in [-0.4, -0.2) is 7.05 Å². The summed E-state index contributed by atoms with van der Waals surface area (Å²) >= 11 is 0. The molecule has 0 atom stereocenters. The summed E-state index contributed by atoms with van der Waals surface area (Å²) in [6.07, 6.45) is 0. The average Bonchev–Trinajstić information content (AvgIpc) is 2.08. The molecule has 0 fully saturated rings. The molecule has 1 aromatic carbocycles. The Bertz CT molecular complexity index is 208. The van der Waals surface area contributed by atoms with Crippen LogP contribution < -0.4 is 5.32 Å². The van der Waals surface area contributed by atoms with E-state index in [-0.39, 0.29) is 0 Å². The molecule has 0 aliphatic heterocycles. The maximum Gasteiger partial charge on any atom is 0.0396 e. The minimum absolute atomic E-state index is 1.25. The van der Waals surface area contributed by atoms with Crippen LogP contribution in [0.5, 0.6) is 0 Å². The first-order valence-electron chi connectivity index (χ1n) is 4.49. The van der Waals surface area contributed by atoms with E-state index in [1.165, 1.54) is 16.8 Å². The lowest BCUT2D eigenvalue weighted by Crippen LogP contribution is -1.93. The summed E-state index contributed by atoms with van der Waals surface area (Å²) in [5.74, 6) is 0. The second-order valence-electron chi connectivity index (χ2n) is 2.52. The molecule has 0 bridgehead atoms. The number of rotatable bonds is 1. The highest BCUT2D eigenvalue weighted by Crippen LogP contribution is 2.17. The SMILES string of the molecule is CC.CNc1c(C)cccc1C. The Kier molecular flexibility index (Phi) is 5.18. The largest absolute Gasteiger partial charge is 0.388 e. The molecule has 0 spiro atoms.